The summed E-state index contributed by atoms with van der Waals surface area (Å²) in [5.74, 6) is -3.49. The van der Waals surface area contributed by atoms with E-state index in [4.69, 9.17) is 20.6 Å². The van der Waals surface area contributed by atoms with Gasteiger partial charge in [0.2, 0.25) is 11.4 Å². The Balaban J connectivity index is 3.61. The van der Waals surface area contributed by atoms with Gasteiger partial charge >= 0.3 is 11.9 Å². The van der Waals surface area contributed by atoms with Crippen LogP contribution in [0.25, 0.3) is 0 Å². The van der Waals surface area contributed by atoms with Crippen molar-refractivity contribution in [2.75, 3.05) is 13.2 Å². The predicted molar refractivity (Wildman–Crippen MR) is 90.6 cm³/mol. The number of carbonyl (C=O) groups is 3. The van der Waals surface area contributed by atoms with Crippen LogP contribution in [0, 0.1) is 5.41 Å². The maximum Gasteiger partial charge on any atom is 0.344 e. The summed E-state index contributed by atoms with van der Waals surface area (Å²) in [4.78, 5) is 38.3. The summed E-state index contributed by atoms with van der Waals surface area (Å²) in [6.45, 7) is 4.22. The molecule has 1 amide bonds. The monoisotopic (exact) mass is 349 g/mol. The number of nitrogens with one attached hydrogen (secondary N) is 1. The molecule has 0 radical (unpaired) electrons. The molecule has 0 fully saturated rings. The van der Waals surface area contributed by atoms with E-state index < -0.39 is 29.3 Å². The summed E-state index contributed by atoms with van der Waals surface area (Å²) in [5.41, 5.74) is 3.89. The third kappa shape index (κ3) is 4.34. The fraction of sp³-hybridized carbons (Fsp3) is 0.412. The van der Waals surface area contributed by atoms with Gasteiger partial charge in [0, 0.05) is 13.3 Å². The molecule has 1 aromatic carbocycles. The van der Waals surface area contributed by atoms with Gasteiger partial charge in [-0.05, 0) is 19.4 Å². The fourth-order valence-electron chi connectivity index (χ4n) is 2.53. The molecule has 0 spiro atoms. The van der Waals surface area contributed by atoms with Crippen molar-refractivity contribution in [3.63, 3.8) is 0 Å². The summed E-state index contributed by atoms with van der Waals surface area (Å²) in [5, 5.41) is 7.72. The van der Waals surface area contributed by atoms with Gasteiger partial charge in [0.25, 0.3) is 0 Å². The molecule has 1 rings (SSSR count). The van der Waals surface area contributed by atoms with E-state index in [1.54, 1.807) is 44.2 Å². The normalized spacial score (nSPS) is 10.7. The van der Waals surface area contributed by atoms with Gasteiger partial charge in [-0.2, -0.15) is 0 Å². The molecule has 3 N–H and O–H groups in total. The van der Waals surface area contributed by atoms with E-state index in [-0.39, 0.29) is 19.6 Å². The summed E-state index contributed by atoms with van der Waals surface area (Å²) >= 11 is 0. The van der Waals surface area contributed by atoms with Crippen molar-refractivity contribution in [3.05, 3.63) is 35.9 Å². The molecule has 0 atom stereocenters. The van der Waals surface area contributed by atoms with Crippen molar-refractivity contribution in [2.24, 2.45) is 5.73 Å². The molecule has 0 unspecified atom stereocenters. The molecule has 8 heteroatoms. The Morgan fingerprint density at radius 2 is 1.56 bits per heavy atom. The van der Waals surface area contributed by atoms with Gasteiger partial charge in [-0.1, -0.05) is 30.3 Å². The summed E-state index contributed by atoms with van der Waals surface area (Å²) in [6.07, 6.45) is -0.231. The zero-order chi connectivity index (χ0) is 19.0. The fourth-order valence-corrected chi connectivity index (χ4v) is 2.53. The number of carbonyl (C=O) groups excluding carboxylic acids is 3. The van der Waals surface area contributed by atoms with Crippen molar-refractivity contribution >= 4 is 23.8 Å². The number of nitrogens with two attached hydrogens (primary N) is 1. The largest absolute Gasteiger partial charge is 0.464 e. The molecule has 0 saturated heterocycles. The lowest BCUT2D eigenvalue weighted by Crippen LogP contribution is -2.67. The maximum absolute atomic E-state index is 12.8. The van der Waals surface area contributed by atoms with Crippen LogP contribution >= 0.6 is 0 Å². The minimum absolute atomic E-state index is 0.0154. The molecule has 0 saturated carbocycles. The van der Waals surface area contributed by atoms with E-state index in [1.807, 2.05) is 0 Å². The summed E-state index contributed by atoms with van der Waals surface area (Å²) in [7, 11) is 0. The molecule has 1 aromatic rings. The van der Waals surface area contributed by atoms with Crippen molar-refractivity contribution in [2.45, 2.75) is 32.7 Å². The quantitative estimate of drug-likeness (QED) is 0.325. The van der Waals surface area contributed by atoms with Crippen LogP contribution < -0.4 is 5.73 Å². The third-order valence-electron chi connectivity index (χ3n) is 3.47. The van der Waals surface area contributed by atoms with Crippen LogP contribution in [0.5, 0.6) is 0 Å². The topological polar surface area (TPSA) is 123 Å². The Bertz CT molecular complexity index is 613. The highest BCUT2D eigenvalue weighted by Crippen LogP contribution is 2.26. The van der Waals surface area contributed by atoms with Gasteiger partial charge in [-0.15, -0.1) is 0 Å². The Morgan fingerprint density at radius 3 is 1.92 bits per heavy atom. The molecule has 0 aliphatic carbocycles. The Kier molecular flexibility index (Phi) is 7.10. The first kappa shape index (κ1) is 20.1. The third-order valence-corrected chi connectivity index (χ3v) is 3.47. The number of benzene rings is 1. The first-order valence-corrected chi connectivity index (χ1v) is 7.84. The molecule has 0 bridgehead atoms. The number of esters is 2. The van der Waals surface area contributed by atoms with E-state index in [2.05, 4.69) is 0 Å². The molecule has 0 aliphatic heterocycles. The Hall–Kier alpha value is -2.90. The van der Waals surface area contributed by atoms with E-state index >= 15 is 0 Å². The number of hydrogen-bond acceptors (Lipinski definition) is 6. The second-order valence-corrected chi connectivity index (χ2v) is 5.20. The highest BCUT2D eigenvalue weighted by molar-refractivity contribution is 6.13. The van der Waals surface area contributed by atoms with Crippen molar-refractivity contribution < 1.29 is 23.9 Å². The van der Waals surface area contributed by atoms with Gasteiger partial charge in [0.05, 0.1) is 13.2 Å². The lowest BCUT2D eigenvalue weighted by Gasteiger charge is -2.37. The lowest BCUT2D eigenvalue weighted by atomic mass is 9.88. The number of nitrogens with zero attached hydrogens (tertiary/aromatic N) is 1. The highest BCUT2D eigenvalue weighted by Gasteiger charge is 2.56. The molecule has 25 heavy (non-hydrogen) atoms. The molecule has 136 valence electrons. The Labute approximate surface area is 146 Å². The van der Waals surface area contributed by atoms with Crippen LogP contribution in [-0.4, -0.2) is 47.5 Å². The minimum atomic E-state index is -2.20. The van der Waals surface area contributed by atoms with E-state index in [9.17, 15) is 14.4 Å². The van der Waals surface area contributed by atoms with Crippen LogP contribution in [0.2, 0.25) is 0 Å². The number of amides is 1. The maximum atomic E-state index is 12.8. The first-order chi connectivity index (χ1) is 11.8. The van der Waals surface area contributed by atoms with E-state index in [0.29, 0.717) is 10.5 Å². The van der Waals surface area contributed by atoms with Crippen molar-refractivity contribution in [1.82, 2.24) is 4.90 Å². The molecule has 0 aromatic heterocycles. The highest BCUT2D eigenvalue weighted by atomic mass is 16.6. The standard InChI is InChI=1S/C17H23N3O5/c1-4-24-14(22)17(15(23)25-5-2,20(12(3)21)16(18)19)11-13-9-7-6-8-10-13/h6-10H,4-5,11H2,1-3H3,(H3,18,19). The van der Waals surface area contributed by atoms with Crippen LogP contribution in [-0.2, 0) is 30.3 Å². The number of guanidine groups is 1. The van der Waals surface area contributed by atoms with Crippen LogP contribution in [0.15, 0.2) is 30.3 Å². The molecule has 0 heterocycles. The molecular formula is C17H23N3O5. The smallest absolute Gasteiger partial charge is 0.344 e. The number of hydrogen-bond donors (Lipinski definition) is 2. The van der Waals surface area contributed by atoms with Crippen LogP contribution in [0.1, 0.15) is 26.3 Å². The molecular weight excluding hydrogens is 326 g/mol. The second-order valence-electron chi connectivity index (χ2n) is 5.20. The molecule has 0 aliphatic rings. The zero-order valence-corrected chi connectivity index (χ0v) is 14.6. The van der Waals surface area contributed by atoms with Crippen molar-refractivity contribution in [1.29, 1.82) is 5.41 Å². The lowest BCUT2D eigenvalue weighted by molar-refractivity contribution is -0.175. The van der Waals surface area contributed by atoms with E-state index in [0.717, 1.165) is 6.92 Å². The SMILES string of the molecule is CCOC(=O)C(Cc1ccccc1)(C(=O)OCC)N(C(=N)N)C(C)=O. The second kappa shape index (κ2) is 8.81. The summed E-state index contributed by atoms with van der Waals surface area (Å²) < 4.78 is 10.1. The average molecular weight is 349 g/mol. The van der Waals surface area contributed by atoms with Crippen LogP contribution in [0.3, 0.4) is 0 Å². The van der Waals surface area contributed by atoms with Gasteiger partial charge in [0.15, 0.2) is 5.96 Å². The van der Waals surface area contributed by atoms with Gasteiger partial charge in [-0.3, -0.25) is 15.1 Å². The predicted octanol–water partition coefficient (Wildman–Crippen LogP) is 0.836. The number of ether oxygens (including phenoxy) is 2. The van der Waals surface area contributed by atoms with Gasteiger partial charge in [0.1, 0.15) is 0 Å². The average Bonchev–Trinajstić information content (AvgIpc) is 2.54. The zero-order valence-electron chi connectivity index (χ0n) is 14.6. The first-order valence-electron chi connectivity index (χ1n) is 7.84. The van der Waals surface area contributed by atoms with Gasteiger partial charge < -0.3 is 15.2 Å². The van der Waals surface area contributed by atoms with Gasteiger partial charge in [-0.25, -0.2) is 9.59 Å². The Morgan fingerprint density at radius 1 is 1.08 bits per heavy atom. The molecule has 8 nitrogen and oxygen atoms in total. The van der Waals surface area contributed by atoms with Crippen LogP contribution in [0.4, 0.5) is 0 Å². The minimum Gasteiger partial charge on any atom is -0.464 e. The number of rotatable bonds is 7. The van der Waals surface area contributed by atoms with E-state index in [1.165, 1.54) is 0 Å². The van der Waals surface area contributed by atoms with Crippen molar-refractivity contribution in [3.8, 4) is 0 Å². The summed E-state index contributed by atoms with van der Waals surface area (Å²) in [6, 6.07) is 8.59.